The van der Waals surface area contributed by atoms with Crippen LogP contribution in [0.3, 0.4) is 0 Å². The predicted molar refractivity (Wildman–Crippen MR) is 214 cm³/mol. The number of esters is 1. The summed E-state index contributed by atoms with van der Waals surface area (Å²) < 4.78 is 30.3. The van der Waals surface area contributed by atoms with Crippen LogP contribution >= 0.6 is 0 Å². The lowest BCUT2D eigenvalue weighted by atomic mass is 9.78. The Morgan fingerprint density at radius 3 is 1.18 bits per heavy atom. The zero-order valence-corrected chi connectivity index (χ0v) is 32.1. The van der Waals surface area contributed by atoms with E-state index >= 15 is 0 Å². The fourth-order valence-electron chi connectivity index (χ4n) is 6.89. The van der Waals surface area contributed by atoms with E-state index in [-0.39, 0.29) is 30.7 Å². The molecule has 6 aromatic rings. The van der Waals surface area contributed by atoms with Gasteiger partial charge in [0, 0.05) is 22.0 Å². The van der Waals surface area contributed by atoms with Crippen molar-refractivity contribution in [3.8, 4) is 23.0 Å². The molecule has 0 aliphatic carbocycles. The second-order valence-corrected chi connectivity index (χ2v) is 14.8. The number of carbonyl (C=O) groups is 1. The highest BCUT2D eigenvalue weighted by atomic mass is 16.5. The summed E-state index contributed by atoms with van der Waals surface area (Å²) in [5.74, 6) is 2.55. The van der Waals surface area contributed by atoms with Crippen LogP contribution in [0.1, 0.15) is 89.7 Å². The Bertz CT molecular complexity index is 2080. The van der Waals surface area contributed by atoms with Crippen molar-refractivity contribution in [3.05, 3.63) is 184 Å². The standard InChI is InChI=1S/C48H47NO6/c1-6-51-46(50)45-33-9-7-10-34(45)30-53-42-23-15-36(16-24-42)48(4,5)38-19-27-44(28-20-38)55-32-40-12-8-11-39(49-40)31-54-43-25-17-37(18-26-43)47(2,3)35-13-21-41(22-14-35)52-29-33/h7-28H,6,29-32H2,1-5H3. The van der Waals surface area contributed by atoms with E-state index in [1.165, 1.54) is 0 Å². The quantitative estimate of drug-likeness (QED) is 0.164. The first-order valence-corrected chi connectivity index (χ1v) is 18.8. The van der Waals surface area contributed by atoms with Crippen LogP contribution in [0.25, 0.3) is 0 Å². The minimum Gasteiger partial charge on any atom is -0.489 e. The van der Waals surface area contributed by atoms with Gasteiger partial charge in [-0.1, -0.05) is 100 Å². The Morgan fingerprint density at radius 1 is 0.509 bits per heavy atom. The lowest BCUT2D eigenvalue weighted by Crippen LogP contribution is -2.19. The molecule has 0 N–H and O–H groups in total. The molecule has 0 fully saturated rings. The maximum Gasteiger partial charge on any atom is 0.338 e. The van der Waals surface area contributed by atoms with E-state index in [1.54, 1.807) is 6.92 Å². The van der Waals surface area contributed by atoms with Gasteiger partial charge in [-0.2, -0.15) is 0 Å². The molecule has 0 atom stereocenters. The predicted octanol–water partition coefficient (Wildman–Crippen LogP) is 10.5. The minimum atomic E-state index is -0.398. The van der Waals surface area contributed by atoms with Crippen molar-refractivity contribution in [1.82, 2.24) is 4.98 Å². The van der Waals surface area contributed by atoms with Crippen LogP contribution in [0.4, 0.5) is 0 Å². The third-order valence-corrected chi connectivity index (χ3v) is 10.4. The largest absolute Gasteiger partial charge is 0.489 e. The summed E-state index contributed by atoms with van der Waals surface area (Å²) >= 11 is 0. The van der Waals surface area contributed by atoms with Gasteiger partial charge in [-0.05, 0) is 89.8 Å². The number of rotatable bonds is 2. The Morgan fingerprint density at radius 2 is 0.836 bits per heavy atom. The fraction of sp³-hybridized carbons (Fsp3) is 0.250. The highest BCUT2D eigenvalue weighted by molar-refractivity contribution is 5.92. The molecular weight excluding hydrogens is 687 g/mol. The number of hydrogen-bond acceptors (Lipinski definition) is 7. The molecule has 12 bridgehead atoms. The molecule has 0 amide bonds. The molecule has 280 valence electrons. The van der Waals surface area contributed by atoms with E-state index in [0.717, 1.165) is 56.3 Å². The van der Waals surface area contributed by atoms with Gasteiger partial charge in [0.05, 0.1) is 23.6 Å². The van der Waals surface area contributed by atoms with Gasteiger partial charge in [-0.25, -0.2) is 4.79 Å². The van der Waals surface area contributed by atoms with Crippen molar-refractivity contribution >= 4 is 5.97 Å². The lowest BCUT2D eigenvalue weighted by molar-refractivity contribution is 0.0520. The summed E-state index contributed by atoms with van der Waals surface area (Å²) in [6.45, 7) is 12.0. The first-order chi connectivity index (χ1) is 26.6. The molecule has 0 unspecified atom stereocenters. The molecule has 0 spiro atoms. The van der Waals surface area contributed by atoms with Crippen LogP contribution in [0, 0.1) is 0 Å². The third-order valence-electron chi connectivity index (χ3n) is 10.4. The fourth-order valence-corrected chi connectivity index (χ4v) is 6.89. The van der Waals surface area contributed by atoms with Crippen LogP contribution in [0.2, 0.25) is 0 Å². The molecule has 7 aliphatic heterocycles. The number of nitrogens with zero attached hydrogens (tertiary/aromatic N) is 1. The average molecular weight is 734 g/mol. The third kappa shape index (κ3) is 8.52. The van der Waals surface area contributed by atoms with Crippen molar-refractivity contribution in [2.45, 2.75) is 71.9 Å². The van der Waals surface area contributed by atoms with E-state index in [2.05, 4.69) is 76.2 Å². The van der Waals surface area contributed by atoms with Crippen LogP contribution in [-0.2, 0) is 42.0 Å². The van der Waals surface area contributed by atoms with Gasteiger partial charge in [0.15, 0.2) is 0 Å². The lowest BCUT2D eigenvalue weighted by Gasteiger charge is -2.26. The van der Waals surface area contributed by atoms with E-state index in [9.17, 15) is 4.79 Å². The number of pyridine rings is 1. The van der Waals surface area contributed by atoms with Gasteiger partial charge >= 0.3 is 5.97 Å². The van der Waals surface area contributed by atoms with Gasteiger partial charge in [0.25, 0.3) is 0 Å². The van der Waals surface area contributed by atoms with Gasteiger partial charge in [-0.15, -0.1) is 0 Å². The molecule has 8 heterocycles. The minimum absolute atomic E-state index is 0.197. The normalized spacial score (nSPS) is 15.0. The van der Waals surface area contributed by atoms with Gasteiger partial charge in [-0.3, -0.25) is 4.98 Å². The van der Waals surface area contributed by atoms with Crippen molar-refractivity contribution in [2.75, 3.05) is 6.61 Å². The van der Waals surface area contributed by atoms with Gasteiger partial charge < -0.3 is 23.7 Å². The summed E-state index contributed by atoms with van der Waals surface area (Å²) in [7, 11) is 0. The Hall–Kier alpha value is -6.08. The molecule has 5 aromatic carbocycles. The van der Waals surface area contributed by atoms with E-state index < -0.39 is 5.97 Å². The maximum absolute atomic E-state index is 13.3. The number of benzene rings is 5. The summed E-state index contributed by atoms with van der Waals surface area (Å²) in [5, 5.41) is 0. The van der Waals surface area contributed by atoms with Crippen LogP contribution in [-0.4, -0.2) is 17.6 Å². The Kier molecular flexibility index (Phi) is 10.9. The highest BCUT2D eigenvalue weighted by Gasteiger charge is 2.25. The van der Waals surface area contributed by atoms with Gasteiger partial charge in [0.2, 0.25) is 0 Å². The molecule has 55 heavy (non-hydrogen) atoms. The number of hydrogen-bond donors (Lipinski definition) is 0. The second kappa shape index (κ2) is 16.1. The van der Waals surface area contributed by atoms with Crippen LogP contribution in [0.15, 0.2) is 133 Å². The molecule has 13 rings (SSSR count). The molecule has 1 aromatic heterocycles. The Labute approximate surface area is 323 Å². The molecule has 0 radical (unpaired) electrons. The van der Waals surface area contributed by atoms with Crippen molar-refractivity contribution < 1.29 is 28.5 Å². The molecule has 7 heteroatoms. The number of aromatic nitrogens is 1. The second-order valence-electron chi connectivity index (χ2n) is 14.8. The zero-order valence-electron chi connectivity index (χ0n) is 32.1. The number of carbonyl (C=O) groups excluding carboxylic acids is 1. The molecule has 7 aliphatic rings. The van der Waals surface area contributed by atoms with Crippen molar-refractivity contribution in [1.29, 1.82) is 0 Å². The molecule has 7 nitrogen and oxygen atoms in total. The molecule has 0 saturated carbocycles. The highest BCUT2D eigenvalue weighted by Crippen LogP contribution is 2.35. The zero-order chi connectivity index (χ0) is 38.4. The average Bonchev–Trinajstić information content (AvgIpc) is 3.21. The maximum atomic E-state index is 13.3. The van der Waals surface area contributed by atoms with Gasteiger partial charge in [0.1, 0.15) is 49.4 Å². The van der Waals surface area contributed by atoms with Crippen LogP contribution in [0.5, 0.6) is 23.0 Å². The monoisotopic (exact) mass is 733 g/mol. The van der Waals surface area contributed by atoms with Crippen molar-refractivity contribution in [3.63, 3.8) is 0 Å². The summed E-state index contributed by atoms with van der Waals surface area (Å²) in [6, 6.07) is 44.3. The molecule has 0 saturated heterocycles. The first-order valence-electron chi connectivity index (χ1n) is 18.8. The smallest absolute Gasteiger partial charge is 0.338 e. The Balaban J connectivity index is 1.18. The van der Waals surface area contributed by atoms with Crippen LogP contribution < -0.4 is 18.9 Å². The van der Waals surface area contributed by atoms with E-state index in [0.29, 0.717) is 30.3 Å². The summed E-state index contributed by atoms with van der Waals surface area (Å²) in [6.07, 6.45) is 0. The molecular formula is C48H47NO6. The number of ether oxygens (including phenoxy) is 5. The van der Waals surface area contributed by atoms with E-state index in [4.69, 9.17) is 28.7 Å². The van der Waals surface area contributed by atoms with E-state index in [1.807, 2.05) is 84.9 Å². The summed E-state index contributed by atoms with van der Waals surface area (Å²) in [5.41, 5.74) is 7.64. The SMILES string of the molecule is CCOC(=O)c1c2cccc1COc1ccc(cc1)C(C)(C)c1ccc(cc1)OCc1cccc(n1)COc1ccc(cc1)C(C)(C)c1ccc(cc1)OC2. The topological polar surface area (TPSA) is 76.1 Å². The first kappa shape index (κ1) is 37.2. The van der Waals surface area contributed by atoms with Crippen molar-refractivity contribution in [2.24, 2.45) is 0 Å². The summed E-state index contributed by atoms with van der Waals surface area (Å²) in [4.78, 5) is 18.1.